The van der Waals surface area contributed by atoms with Crippen LogP contribution in [0.25, 0.3) is 0 Å². The molecule has 100 valence electrons. The maximum absolute atomic E-state index is 4.45. The molecule has 1 saturated heterocycles. The summed E-state index contributed by atoms with van der Waals surface area (Å²) in [7, 11) is 0. The van der Waals surface area contributed by atoms with Gasteiger partial charge in [-0.15, -0.1) is 11.8 Å². The second-order valence-corrected chi connectivity index (χ2v) is 6.50. The summed E-state index contributed by atoms with van der Waals surface area (Å²) in [6.07, 6.45) is 7.26. The molecule has 0 amide bonds. The molecule has 1 aliphatic carbocycles. The van der Waals surface area contributed by atoms with Gasteiger partial charge in [-0.2, -0.15) is 5.10 Å². The largest absolute Gasteiger partial charge is 0.303 e. The molecule has 0 saturated carbocycles. The standard InChI is InChI=1S/C14H23N3S/c1-3-5-17-6-4-10-8-13-12(7-11(10)9-17)14(18-2)16-15-13/h10-11H,3-9H2,1-2H3,(H,15,16)/t10-,11+/m0/s1. The molecule has 1 aliphatic heterocycles. The van der Waals surface area contributed by atoms with E-state index in [9.17, 15) is 0 Å². The predicted molar refractivity (Wildman–Crippen MR) is 76.1 cm³/mol. The highest BCUT2D eigenvalue weighted by Gasteiger charge is 2.35. The van der Waals surface area contributed by atoms with Crippen LogP contribution in [0.15, 0.2) is 5.03 Å². The van der Waals surface area contributed by atoms with Gasteiger partial charge in [0.2, 0.25) is 0 Å². The average molecular weight is 265 g/mol. The third-order valence-electron chi connectivity index (χ3n) is 4.56. The fourth-order valence-electron chi connectivity index (χ4n) is 3.63. The van der Waals surface area contributed by atoms with E-state index < -0.39 is 0 Å². The minimum absolute atomic E-state index is 0.862. The smallest absolute Gasteiger partial charge is 0.121 e. The first-order valence-electron chi connectivity index (χ1n) is 7.14. The lowest BCUT2D eigenvalue weighted by atomic mass is 9.74. The Labute approximate surface area is 114 Å². The van der Waals surface area contributed by atoms with E-state index in [1.165, 1.54) is 61.6 Å². The Morgan fingerprint density at radius 1 is 1.39 bits per heavy atom. The molecule has 2 atom stereocenters. The zero-order chi connectivity index (χ0) is 12.5. The summed E-state index contributed by atoms with van der Waals surface area (Å²) in [6.45, 7) is 6.16. The molecule has 3 rings (SSSR count). The molecule has 1 N–H and O–H groups in total. The highest BCUT2D eigenvalue weighted by Crippen LogP contribution is 2.37. The van der Waals surface area contributed by atoms with Crippen LogP contribution in [0.2, 0.25) is 0 Å². The van der Waals surface area contributed by atoms with Crippen molar-refractivity contribution < 1.29 is 0 Å². The zero-order valence-corrected chi connectivity index (χ0v) is 12.2. The van der Waals surface area contributed by atoms with Crippen LogP contribution in [0.3, 0.4) is 0 Å². The zero-order valence-electron chi connectivity index (χ0n) is 11.4. The van der Waals surface area contributed by atoms with Gasteiger partial charge in [0.1, 0.15) is 5.03 Å². The van der Waals surface area contributed by atoms with E-state index in [0.29, 0.717) is 0 Å². The topological polar surface area (TPSA) is 31.9 Å². The summed E-state index contributed by atoms with van der Waals surface area (Å²) >= 11 is 1.78. The van der Waals surface area contributed by atoms with Gasteiger partial charge < -0.3 is 4.90 Å². The number of piperidine rings is 1. The van der Waals surface area contributed by atoms with E-state index in [0.717, 1.165) is 11.8 Å². The van der Waals surface area contributed by atoms with E-state index in [2.05, 4.69) is 28.3 Å². The van der Waals surface area contributed by atoms with Gasteiger partial charge in [0.25, 0.3) is 0 Å². The van der Waals surface area contributed by atoms with Crippen molar-refractivity contribution in [3.05, 3.63) is 11.3 Å². The van der Waals surface area contributed by atoms with Crippen LogP contribution in [0.4, 0.5) is 0 Å². The number of nitrogens with zero attached hydrogens (tertiary/aromatic N) is 2. The maximum Gasteiger partial charge on any atom is 0.121 e. The van der Waals surface area contributed by atoms with Crippen molar-refractivity contribution in [3.63, 3.8) is 0 Å². The van der Waals surface area contributed by atoms with E-state index in [4.69, 9.17) is 0 Å². The van der Waals surface area contributed by atoms with Crippen LogP contribution in [0.5, 0.6) is 0 Å². The SMILES string of the molecule is CCCN1CC[C@H]2Cc3[nH]nc(SC)c3C[C@@H]2C1. The molecule has 1 fully saturated rings. The number of hydrogen-bond donors (Lipinski definition) is 1. The third kappa shape index (κ3) is 2.21. The molecular formula is C14H23N3S. The summed E-state index contributed by atoms with van der Waals surface area (Å²) in [4.78, 5) is 2.66. The van der Waals surface area contributed by atoms with E-state index in [1.54, 1.807) is 11.8 Å². The summed E-state index contributed by atoms with van der Waals surface area (Å²) in [5, 5.41) is 8.95. The number of thioether (sulfide) groups is 1. The van der Waals surface area contributed by atoms with E-state index in [1.807, 2.05) is 0 Å². The molecular weight excluding hydrogens is 242 g/mol. The molecule has 0 aromatic carbocycles. The molecule has 18 heavy (non-hydrogen) atoms. The molecule has 1 aromatic rings. The van der Waals surface area contributed by atoms with Gasteiger partial charge in [-0.05, 0) is 56.9 Å². The lowest BCUT2D eigenvalue weighted by Gasteiger charge is -2.41. The van der Waals surface area contributed by atoms with Crippen molar-refractivity contribution in [2.45, 2.75) is 37.6 Å². The minimum Gasteiger partial charge on any atom is -0.303 e. The predicted octanol–water partition coefficient (Wildman–Crippen LogP) is 2.58. The van der Waals surface area contributed by atoms with Gasteiger partial charge in [-0.25, -0.2) is 0 Å². The van der Waals surface area contributed by atoms with Crippen LogP contribution in [-0.4, -0.2) is 41.0 Å². The average Bonchev–Trinajstić information content (AvgIpc) is 2.78. The quantitative estimate of drug-likeness (QED) is 0.853. The molecule has 3 nitrogen and oxygen atoms in total. The Morgan fingerprint density at radius 3 is 3.06 bits per heavy atom. The molecule has 2 aliphatic rings. The van der Waals surface area contributed by atoms with Gasteiger partial charge in [-0.1, -0.05) is 6.92 Å². The van der Waals surface area contributed by atoms with Crippen molar-refractivity contribution in [1.29, 1.82) is 0 Å². The van der Waals surface area contributed by atoms with Crippen LogP contribution in [0, 0.1) is 11.8 Å². The summed E-state index contributed by atoms with van der Waals surface area (Å²) < 4.78 is 0. The Balaban J connectivity index is 1.75. The number of rotatable bonds is 3. The molecule has 1 aromatic heterocycles. The normalized spacial score (nSPS) is 27.9. The van der Waals surface area contributed by atoms with Gasteiger partial charge in [-0.3, -0.25) is 5.10 Å². The molecule has 0 spiro atoms. The highest BCUT2D eigenvalue weighted by atomic mass is 32.2. The Bertz CT molecular complexity index is 415. The number of likely N-dealkylation sites (tertiary alicyclic amines) is 1. The summed E-state index contributed by atoms with van der Waals surface area (Å²) in [5.41, 5.74) is 2.94. The van der Waals surface area contributed by atoms with Crippen LogP contribution in [-0.2, 0) is 12.8 Å². The van der Waals surface area contributed by atoms with Crippen molar-refractivity contribution >= 4 is 11.8 Å². The number of hydrogen-bond acceptors (Lipinski definition) is 3. The summed E-state index contributed by atoms with van der Waals surface area (Å²) in [6, 6.07) is 0. The third-order valence-corrected chi connectivity index (χ3v) is 5.28. The fraction of sp³-hybridized carbons (Fsp3) is 0.786. The molecule has 4 heteroatoms. The Morgan fingerprint density at radius 2 is 2.28 bits per heavy atom. The molecule has 2 heterocycles. The van der Waals surface area contributed by atoms with Crippen molar-refractivity contribution in [3.8, 4) is 0 Å². The van der Waals surface area contributed by atoms with Gasteiger partial charge >= 0.3 is 0 Å². The minimum atomic E-state index is 0.862. The molecule has 0 bridgehead atoms. The van der Waals surface area contributed by atoms with Gasteiger partial charge in [0.15, 0.2) is 0 Å². The van der Waals surface area contributed by atoms with Crippen molar-refractivity contribution in [2.24, 2.45) is 11.8 Å². The lowest BCUT2D eigenvalue weighted by molar-refractivity contribution is 0.111. The number of aromatic amines is 1. The van der Waals surface area contributed by atoms with Crippen LogP contribution >= 0.6 is 11.8 Å². The number of H-pyrrole nitrogens is 1. The van der Waals surface area contributed by atoms with Gasteiger partial charge in [0, 0.05) is 17.8 Å². The monoisotopic (exact) mass is 265 g/mol. The first-order chi connectivity index (χ1) is 8.81. The van der Waals surface area contributed by atoms with Crippen LogP contribution in [0.1, 0.15) is 31.0 Å². The first kappa shape index (κ1) is 12.5. The summed E-state index contributed by atoms with van der Waals surface area (Å²) in [5.74, 6) is 1.75. The first-order valence-corrected chi connectivity index (χ1v) is 8.36. The van der Waals surface area contributed by atoms with Crippen molar-refractivity contribution in [1.82, 2.24) is 15.1 Å². The second-order valence-electron chi connectivity index (χ2n) is 5.71. The number of fused-ring (bicyclic) bond motifs is 2. The van der Waals surface area contributed by atoms with E-state index in [-0.39, 0.29) is 0 Å². The number of aromatic nitrogens is 2. The lowest BCUT2D eigenvalue weighted by Crippen LogP contribution is -2.44. The van der Waals surface area contributed by atoms with Crippen LogP contribution < -0.4 is 0 Å². The Kier molecular flexibility index (Phi) is 3.66. The van der Waals surface area contributed by atoms with Gasteiger partial charge in [0.05, 0.1) is 0 Å². The molecule has 0 radical (unpaired) electrons. The van der Waals surface area contributed by atoms with Crippen molar-refractivity contribution in [2.75, 3.05) is 25.9 Å². The second kappa shape index (κ2) is 5.25. The Hall–Kier alpha value is -0.480. The molecule has 0 unspecified atom stereocenters. The number of nitrogens with one attached hydrogen (secondary N) is 1. The fourth-order valence-corrected chi connectivity index (χ4v) is 4.22. The maximum atomic E-state index is 4.45. The highest BCUT2D eigenvalue weighted by molar-refractivity contribution is 7.98. The van der Waals surface area contributed by atoms with E-state index >= 15 is 0 Å².